The number of hydrogen-bond acceptors (Lipinski definition) is 2. The average molecular weight is 155 g/mol. The number of rotatable bonds is 1. The molecule has 2 fully saturated rings. The van der Waals surface area contributed by atoms with E-state index in [4.69, 9.17) is 4.74 Å². The third kappa shape index (κ3) is 1.30. The molecule has 1 saturated heterocycles. The zero-order chi connectivity index (χ0) is 7.68. The van der Waals surface area contributed by atoms with Gasteiger partial charge in [-0.25, -0.2) is 0 Å². The van der Waals surface area contributed by atoms with Crippen LogP contribution >= 0.6 is 0 Å². The highest BCUT2D eigenvalue weighted by Gasteiger charge is 2.34. The Balaban J connectivity index is 2.00. The maximum Gasteiger partial charge on any atom is 0.0730 e. The van der Waals surface area contributed by atoms with Crippen molar-refractivity contribution in [2.45, 2.75) is 38.3 Å². The number of nitrogens with zero attached hydrogens (tertiary/aromatic N) is 1. The predicted octanol–water partition coefficient (Wildman–Crippen LogP) is 1.26. The van der Waals surface area contributed by atoms with E-state index in [2.05, 4.69) is 11.8 Å². The Kier molecular flexibility index (Phi) is 2.14. The first-order chi connectivity index (χ1) is 5.42. The fourth-order valence-electron chi connectivity index (χ4n) is 2.40. The van der Waals surface area contributed by atoms with Crippen LogP contribution in [0.3, 0.4) is 0 Å². The molecule has 0 aromatic rings. The van der Waals surface area contributed by atoms with Gasteiger partial charge in [0.25, 0.3) is 0 Å². The minimum atomic E-state index is 0.573. The molecule has 2 nitrogen and oxygen atoms in total. The molecule has 0 bridgehead atoms. The normalized spacial score (nSPS) is 39.0. The van der Waals surface area contributed by atoms with Crippen LogP contribution in [0.25, 0.3) is 0 Å². The first-order valence-corrected chi connectivity index (χ1v) is 4.77. The second kappa shape index (κ2) is 3.11. The summed E-state index contributed by atoms with van der Waals surface area (Å²) in [6.07, 6.45) is 4.59. The highest BCUT2D eigenvalue weighted by atomic mass is 16.5. The molecule has 0 amide bonds. The lowest BCUT2D eigenvalue weighted by Crippen LogP contribution is -2.48. The Morgan fingerprint density at radius 1 is 1.45 bits per heavy atom. The van der Waals surface area contributed by atoms with Gasteiger partial charge in [-0.05, 0) is 25.8 Å². The third-order valence-electron chi connectivity index (χ3n) is 3.00. The summed E-state index contributed by atoms with van der Waals surface area (Å²) < 4.78 is 5.69. The summed E-state index contributed by atoms with van der Waals surface area (Å²) >= 11 is 0. The third-order valence-corrected chi connectivity index (χ3v) is 3.00. The summed E-state index contributed by atoms with van der Waals surface area (Å²) in [6, 6.07) is 0.758. The number of ether oxygens (including phenoxy) is 1. The Hall–Kier alpha value is -0.0800. The van der Waals surface area contributed by atoms with Crippen molar-refractivity contribution in [2.75, 3.05) is 19.7 Å². The minimum absolute atomic E-state index is 0.573. The second-order valence-electron chi connectivity index (χ2n) is 3.54. The van der Waals surface area contributed by atoms with Gasteiger partial charge in [0.15, 0.2) is 0 Å². The van der Waals surface area contributed by atoms with Gasteiger partial charge in [-0.1, -0.05) is 6.92 Å². The highest BCUT2D eigenvalue weighted by Crippen LogP contribution is 2.29. The maximum atomic E-state index is 5.69. The molecular weight excluding hydrogens is 138 g/mol. The van der Waals surface area contributed by atoms with Crippen molar-refractivity contribution in [3.8, 4) is 0 Å². The van der Waals surface area contributed by atoms with Gasteiger partial charge in [0.1, 0.15) is 0 Å². The van der Waals surface area contributed by atoms with Crippen LogP contribution in [0.15, 0.2) is 0 Å². The molecule has 2 unspecified atom stereocenters. The molecule has 2 heteroatoms. The van der Waals surface area contributed by atoms with Crippen LogP contribution in [0.4, 0.5) is 0 Å². The predicted molar refractivity (Wildman–Crippen MR) is 44.6 cm³/mol. The van der Waals surface area contributed by atoms with Gasteiger partial charge < -0.3 is 4.74 Å². The monoisotopic (exact) mass is 155 g/mol. The molecule has 0 N–H and O–H groups in total. The van der Waals surface area contributed by atoms with Gasteiger partial charge >= 0.3 is 0 Å². The molecule has 0 aromatic heterocycles. The molecule has 1 saturated carbocycles. The smallest absolute Gasteiger partial charge is 0.0730 e. The highest BCUT2D eigenvalue weighted by molar-refractivity contribution is 4.88. The van der Waals surface area contributed by atoms with Gasteiger partial charge in [-0.3, -0.25) is 4.90 Å². The van der Waals surface area contributed by atoms with Crippen molar-refractivity contribution in [3.05, 3.63) is 0 Å². The zero-order valence-electron chi connectivity index (χ0n) is 7.25. The molecule has 1 heterocycles. The molecule has 64 valence electrons. The first-order valence-electron chi connectivity index (χ1n) is 4.77. The van der Waals surface area contributed by atoms with Crippen molar-refractivity contribution < 1.29 is 4.74 Å². The lowest BCUT2D eigenvalue weighted by Gasteiger charge is -2.36. The molecule has 0 spiro atoms. The van der Waals surface area contributed by atoms with Crippen LogP contribution < -0.4 is 0 Å². The zero-order valence-corrected chi connectivity index (χ0v) is 7.25. The van der Waals surface area contributed by atoms with E-state index in [1.807, 2.05) is 0 Å². The average Bonchev–Trinajstić information content (AvgIpc) is 2.50. The molecule has 11 heavy (non-hydrogen) atoms. The van der Waals surface area contributed by atoms with Crippen molar-refractivity contribution >= 4 is 0 Å². The topological polar surface area (TPSA) is 12.5 Å². The van der Waals surface area contributed by atoms with Gasteiger partial charge in [0.2, 0.25) is 0 Å². The quantitative estimate of drug-likeness (QED) is 0.565. The number of morpholine rings is 1. The van der Waals surface area contributed by atoms with Crippen LogP contribution in [0, 0.1) is 0 Å². The van der Waals surface area contributed by atoms with Crippen LogP contribution in [0.1, 0.15) is 26.2 Å². The van der Waals surface area contributed by atoms with Crippen LogP contribution in [-0.2, 0) is 4.74 Å². The molecule has 2 aliphatic rings. The van der Waals surface area contributed by atoms with E-state index in [-0.39, 0.29) is 0 Å². The lowest BCUT2D eigenvalue weighted by molar-refractivity contribution is -0.0534. The molecule has 2 rings (SSSR count). The van der Waals surface area contributed by atoms with Crippen LogP contribution in [0.2, 0.25) is 0 Å². The van der Waals surface area contributed by atoms with Gasteiger partial charge in [0, 0.05) is 12.6 Å². The Bertz CT molecular complexity index is 138. The molecule has 1 aliphatic heterocycles. The lowest BCUT2D eigenvalue weighted by atomic mass is 10.1. The van der Waals surface area contributed by atoms with E-state index in [0.29, 0.717) is 6.10 Å². The molecule has 2 atom stereocenters. The second-order valence-corrected chi connectivity index (χ2v) is 3.54. The van der Waals surface area contributed by atoms with Gasteiger partial charge in [0.05, 0.1) is 12.7 Å². The summed E-state index contributed by atoms with van der Waals surface area (Å²) in [4.78, 5) is 2.57. The van der Waals surface area contributed by atoms with Crippen molar-refractivity contribution in [1.82, 2.24) is 4.90 Å². The van der Waals surface area contributed by atoms with E-state index in [1.165, 1.54) is 25.8 Å². The Morgan fingerprint density at radius 3 is 3.18 bits per heavy atom. The fraction of sp³-hybridized carbons (Fsp3) is 1.00. The summed E-state index contributed by atoms with van der Waals surface area (Å²) in [5, 5.41) is 0. The minimum Gasteiger partial charge on any atom is -0.375 e. The van der Waals surface area contributed by atoms with Crippen molar-refractivity contribution in [1.29, 1.82) is 0 Å². The molecule has 1 aliphatic carbocycles. The van der Waals surface area contributed by atoms with Crippen LogP contribution in [-0.4, -0.2) is 36.7 Å². The molecular formula is C9H17NO. The number of likely N-dealkylation sites (N-methyl/N-ethyl adjacent to an activating group) is 1. The van der Waals surface area contributed by atoms with Crippen molar-refractivity contribution in [2.24, 2.45) is 0 Å². The van der Waals surface area contributed by atoms with Crippen LogP contribution in [0.5, 0.6) is 0 Å². The van der Waals surface area contributed by atoms with E-state index < -0.39 is 0 Å². The summed E-state index contributed by atoms with van der Waals surface area (Å²) in [6.45, 7) is 5.55. The molecule has 0 aromatic carbocycles. The van der Waals surface area contributed by atoms with E-state index >= 15 is 0 Å². The Morgan fingerprint density at radius 2 is 2.36 bits per heavy atom. The van der Waals surface area contributed by atoms with E-state index in [1.54, 1.807) is 0 Å². The number of fused-ring (bicyclic) bond motifs is 1. The van der Waals surface area contributed by atoms with Gasteiger partial charge in [-0.15, -0.1) is 0 Å². The van der Waals surface area contributed by atoms with E-state index in [0.717, 1.165) is 19.2 Å². The standard InChI is InChI=1S/C9H17NO/c1-2-10-6-7-11-9-5-3-4-8(9)10/h8-9H,2-7H2,1H3. The summed E-state index contributed by atoms with van der Waals surface area (Å²) in [7, 11) is 0. The van der Waals surface area contributed by atoms with E-state index in [9.17, 15) is 0 Å². The summed E-state index contributed by atoms with van der Waals surface area (Å²) in [5.41, 5.74) is 0. The summed E-state index contributed by atoms with van der Waals surface area (Å²) in [5.74, 6) is 0. The SMILES string of the molecule is CCN1CCOC2CCCC21. The fourth-order valence-corrected chi connectivity index (χ4v) is 2.40. The van der Waals surface area contributed by atoms with Crippen molar-refractivity contribution in [3.63, 3.8) is 0 Å². The largest absolute Gasteiger partial charge is 0.375 e. The van der Waals surface area contributed by atoms with Gasteiger partial charge in [-0.2, -0.15) is 0 Å². The Labute approximate surface area is 68.5 Å². The number of hydrogen-bond donors (Lipinski definition) is 0. The molecule has 0 radical (unpaired) electrons. The maximum absolute atomic E-state index is 5.69. The first kappa shape index (κ1) is 7.56.